The normalized spacial score (nSPS) is 13.4. The molecule has 21 heavy (non-hydrogen) atoms. The van der Waals surface area contributed by atoms with Crippen LogP contribution < -0.4 is 10.6 Å². The zero-order chi connectivity index (χ0) is 15.1. The van der Waals surface area contributed by atoms with E-state index < -0.39 is 11.8 Å². The highest BCUT2D eigenvalue weighted by molar-refractivity contribution is 6.35. The highest BCUT2D eigenvalue weighted by atomic mass is 16.5. The van der Waals surface area contributed by atoms with Crippen molar-refractivity contribution < 1.29 is 9.53 Å². The minimum Gasteiger partial charge on any atom is -0.463 e. The van der Waals surface area contributed by atoms with Crippen molar-refractivity contribution in [1.82, 2.24) is 10.3 Å². The number of nitrogens with one attached hydrogen (secondary N) is 3. The molecule has 7 heteroatoms. The van der Waals surface area contributed by atoms with Crippen molar-refractivity contribution in [2.24, 2.45) is 4.99 Å². The van der Waals surface area contributed by atoms with Crippen LogP contribution in [0.25, 0.3) is 0 Å². The monoisotopic (exact) mass is 289 g/mol. The van der Waals surface area contributed by atoms with Crippen LogP contribution in [-0.2, 0) is 22.4 Å². The summed E-state index contributed by atoms with van der Waals surface area (Å²) < 4.78 is 4.37. The molecule has 0 fully saturated rings. The number of aliphatic imine (C=N–C) groups is 1. The van der Waals surface area contributed by atoms with E-state index in [1.807, 2.05) is 6.07 Å². The lowest BCUT2D eigenvalue weighted by Gasteiger charge is -2.17. The van der Waals surface area contributed by atoms with E-state index in [2.05, 4.69) is 31.4 Å². The standard InChI is InChI=1S/C14H19N5O2/c1-21-14(20)12(15)18-9-16-8-6-11-5-4-10-3-2-7-17-13(10)19-11/h4-5,9H,2-3,6-8H2,1H3,(H,17,19)(H2,15,16,18). The summed E-state index contributed by atoms with van der Waals surface area (Å²) >= 11 is 0. The van der Waals surface area contributed by atoms with Crippen LogP contribution in [0.15, 0.2) is 17.1 Å². The summed E-state index contributed by atoms with van der Waals surface area (Å²) in [6.07, 6.45) is 4.30. The third-order valence-corrected chi connectivity index (χ3v) is 3.14. The maximum Gasteiger partial charge on any atom is 0.375 e. The molecule has 0 radical (unpaired) electrons. The van der Waals surface area contributed by atoms with Crippen molar-refractivity contribution in [3.8, 4) is 0 Å². The molecule has 0 saturated heterocycles. The van der Waals surface area contributed by atoms with Crippen molar-refractivity contribution >= 4 is 24.0 Å². The Morgan fingerprint density at radius 3 is 3.29 bits per heavy atom. The van der Waals surface area contributed by atoms with Gasteiger partial charge in [0, 0.05) is 25.2 Å². The van der Waals surface area contributed by atoms with Crippen LogP contribution in [0, 0.1) is 5.41 Å². The van der Waals surface area contributed by atoms with Gasteiger partial charge in [-0.25, -0.2) is 14.8 Å². The van der Waals surface area contributed by atoms with E-state index in [9.17, 15) is 4.79 Å². The van der Waals surface area contributed by atoms with Crippen LogP contribution in [0.4, 0.5) is 5.82 Å². The predicted molar refractivity (Wildman–Crippen MR) is 81.0 cm³/mol. The van der Waals surface area contributed by atoms with Crippen molar-refractivity contribution in [2.75, 3.05) is 25.5 Å². The first-order valence-corrected chi connectivity index (χ1v) is 6.86. The van der Waals surface area contributed by atoms with Gasteiger partial charge in [0.15, 0.2) is 0 Å². The lowest BCUT2D eigenvalue weighted by atomic mass is 10.1. The molecule has 1 aliphatic rings. The van der Waals surface area contributed by atoms with Gasteiger partial charge in [-0.2, -0.15) is 0 Å². The number of aryl methyl sites for hydroxylation is 1. The minimum atomic E-state index is -0.754. The van der Waals surface area contributed by atoms with Crippen molar-refractivity contribution in [3.05, 3.63) is 23.4 Å². The largest absolute Gasteiger partial charge is 0.463 e. The Bertz CT molecular complexity index is 556. The number of carbonyl (C=O) groups is 1. The van der Waals surface area contributed by atoms with E-state index in [1.54, 1.807) is 0 Å². The van der Waals surface area contributed by atoms with Gasteiger partial charge in [0.25, 0.3) is 0 Å². The molecule has 0 aliphatic carbocycles. The maximum atomic E-state index is 10.9. The molecule has 0 atom stereocenters. The number of carbonyl (C=O) groups excluding carboxylic acids is 1. The molecule has 0 unspecified atom stereocenters. The van der Waals surface area contributed by atoms with Crippen molar-refractivity contribution in [1.29, 1.82) is 5.41 Å². The Balaban J connectivity index is 1.77. The summed E-state index contributed by atoms with van der Waals surface area (Å²) in [6.45, 7) is 1.60. The number of amidine groups is 1. The van der Waals surface area contributed by atoms with Gasteiger partial charge in [0.1, 0.15) is 5.82 Å². The number of ether oxygens (including phenoxy) is 1. The topological polar surface area (TPSA) is 99.5 Å². The number of hydrogen-bond acceptors (Lipinski definition) is 5. The van der Waals surface area contributed by atoms with Crippen molar-refractivity contribution in [2.45, 2.75) is 19.3 Å². The maximum absolute atomic E-state index is 10.9. The SMILES string of the molecule is COC(=O)C(=N)/N=C\NCCc1ccc2c(n1)NCCC2. The van der Waals surface area contributed by atoms with Crippen LogP contribution in [0.1, 0.15) is 17.7 Å². The highest BCUT2D eigenvalue weighted by Gasteiger charge is 2.10. The van der Waals surface area contributed by atoms with Gasteiger partial charge in [0.05, 0.1) is 13.4 Å². The third-order valence-electron chi connectivity index (χ3n) is 3.14. The predicted octanol–water partition coefficient (Wildman–Crippen LogP) is 0.750. The molecule has 7 nitrogen and oxygen atoms in total. The first-order chi connectivity index (χ1) is 10.2. The lowest BCUT2D eigenvalue weighted by Crippen LogP contribution is -2.19. The second kappa shape index (κ2) is 7.37. The number of anilines is 1. The summed E-state index contributed by atoms with van der Waals surface area (Å²) in [4.78, 5) is 19.1. The van der Waals surface area contributed by atoms with E-state index in [0.29, 0.717) is 6.54 Å². The molecule has 112 valence electrons. The zero-order valence-electron chi connectivity index (χ0n) is 12.0. The number of rotatable bonds is 4. The number of aromatic nitrogens is 1. The first kappa shape index (κ1) is 15.0. The first-order valence-electron chi connectivity index (χ1n) is 6.86. The van der Waals surface area contributed by atoms with Gasteiger partial charge in [-0.3, -0.25) is 5.41 Å². The summed E-state index contributed by atoms with van der Waals surface area (Å²) in [7, 11) is 1.22. The fraction of sp³-hybridized carbons (Fsp3) is 0.429. The second-order valence-corrected chi connectivity index (χ2v) is 4.64. The van der Waals surface area contributed by atoms with E-state index in [1.165, 1.54) is 19.0 Å². The molecule has 0 bridgehead atoms. The fourth-order valence-electron chi connectivity index (χ4n) is 2.03. The summed E-state index contributed by atoms with van der Waals surface area (Å²) in [6, 6.07) is 4.14. The molecular formula is C14H19N5O2. The Labute approximate surface area is 123 Å². The van der Waals surface area contributed by atoms with Gasteiger partial charge in [-0.15, -0.1) is 0 Å². The molecule has 0 aromatic carbocycles. The van der Waals surface area contributed by atoms with Gasteiger partial charge < -0.3 is 15.4 Å². The quantitative estimate of drug-likeness (QED) is 0.329. The Morgan fingerprint density at radius 2 is 2.48 bits per heavy atom. The van der Waals surface area contributed by atoms with Gasteiger partial charge >= 0.3 is 5.97 Å². The molecule has 1 aliphatic heterocycles. The van der Waals surface area contributed by atoms with Crippen LogP contribution in [0.3, 0.4) is 0 Å². The Kier molecular flexibility index (Phi) is 5.25. The minimum absolute atomic E-state index is 0.430. The third kappa shape index (κ3) is 4.27. The number of nitrogens with zero attached hydrogens (tertiary/aromatic N) is 2. The van der Waals surface area contributed by atoms with Crippen LogP contribution in [0.5, 0.6) is 0 Å². The fourth-order valence-corrected chi connectivity index (χ4v) is 2.03. The van der Waals surface area contributed by atoms with E-state index in [4.69, 9.17) is 5.41 Å². The number of methoxy groups -OCH3 is 1. The van der Waals surface area contributed by atoms with Crippen LogP contribution in [0.2, 0.25) is 0 Å². The number of fused-ring (bicyclic) bond motifs is 1. The van der Waals surface area contributed by atoms with Crippen LogP contribution >= 0.6 is 0 Å². The molecule has 0 spiro atoms. The van der Waals surface area contributed by atoms with Gasteiger partial charge in [-0.1, -0.05) is 6.07 Å². The molecule has 1 aromatic rings. The lowest BCUT2D eigenvalue weighted by molar-refractivity contribution is -0.132. The van der Waals surface area contributed by atoms with E-state index in [-0.39, 0.29) is 0 Å². The Hall–Kier alpha value is -2.44. The number of esters is 1. The summed E-state index contributed by atoms with van der Waals surface area (Å²) in [5, 5.41) is 13.5. The van der Waals surface area contributed by atoms with Gasteiger partial charge in [0.2, 0.25) is 5.84 Å². The molecule has 0 amide bonds. The zero-order valence-corrected chi connectivity index (χ0v) is 12.0. The van der Waals surface area contributed by atoms with E-state index >= 15 is 0 Å². The molecule has 2 heterocycles. The summed E-state index contributed by atoms with van der Waals surface area (Å²) in [5.41, 5.74) is 2.26. The van der Waals surface area contributed by atoms with Crippen molar-refractivity contribution in [3.63, 3.8) is 0 Å². The molecule has 0 saturated carbocycles. The van der Waals surface area contributed by atoms with Gasteiger partial charge in [-0.05, 0) is 24.5 Å². The molecule has 2 rings (SSSR count). The number of hydrogen-bond donors (Lipinski definition) is 3. The summed E-state index contributed by atoms with van der Waals surface area (Å²) in [5.74, 6) is -0.198. The average Bonchev–Trinajstić information content (AvgIpc) is 2.53. The highest BCUT2D eigenvalue weighted by Crippen LogP contribution is 2.19. The molecule has 1 aromatic heterocycles. The molecule has 3 N–H and O–H groups in total. The molecular weight excluding hydrogens is 270 g/mol. The Morgan fingerprint density at radius 1 is 1.62 bits per heavy atom. The van der Waals surface area contributed by atoms with E-state index in [0.717, 1.165) is 37.3 Å². The average molecular weight is 289 g/mol. The van der Waals surface area contributed by atoms with Crippen LogP contribution in [-0.4, -0.2) is 43.3 Å². The number of pyridine rings is 1. The second-order valence-electron chi connectivity index (χ2n) is 4.64. The smallest absolute Gasteiger partial charge is 0.375 e.